The van der Waals surface area contributed by atoms with Crippen LogP contribution >= 0.6 is 0 Å². The summed E-state index contributed by atoms with van der Waals surface area (Å²) in [5, 5.41) is 37.9. The summed E-state index contributed by atoms with van der Waals surface area (Å²) < 4.78 is 0. The third kappa shape index (κ3) is 2.86. The summed E-state index contributed by atoms with van der Waals surface area (Å²) in [6.45, 7) is -0.596. The lowest BCUT2D eigenvalue weighted by molar-refractivity contribution is 0.263. The van der Waals surface area contributed by atoms with Crippen LogP contribution in [0.5, 0.6) is 11.5 Å². The van der Waals surface area contributed by atoms with E-state index in [-0.39, 0.29) is 24.7 Å². The zero-order valence-corrected chi connectivity index (χ0v) is 10.4. The van der Waals surface area contributed by atoms with Crippen molar-refractivity contribution >= 4 is 0 Å². The largest absolute Gasteiger partial charge is 0.508 e. The van der Waals surface area contributed by atoms with E-state index < -0.39 is 0 Å². The molecule has 100 valence electrons. The summed E-state index contributed by atoms with van der Waals surface area (Å²) in [4.78, 5) is 0. The fourth-order valence-electron chi connectivity index (χ4n) is 2.06. The topological polar surface area (TPSA) is 80.9 Å². The molecule has 0 saturated heterocycles. The van der Waals surface area contributed by atoms with Crippen molar-refractivity contribution in [3.05, 3.63) is 58.7 Å². The van der Waals surface area contributed by atoms with Gasteiger partial charge in [-0.3, -0.25) is 0 Å². The van der Waals surface area contributed by atoms with Gasteiger partial charge in [-0.15, -0.1) is 0 Å². The van der Waals surface area contributed by atoms with Crippen molar-refractivity contribution in [2.75, 3.05) is 0 Å². The van der Waals surface area contributed by atoms with Crippen LogP contribution in [0.15, 0.2) is 36.4 Å². The van der Waals surface area contributed by atoms with E-state index in [4.69, 9.17) is 0 Å². The standard InChI is InChI=1S/C15H16O4/c16-8-12-6-10(7-13(9-17)15(12)19)5-11-3-1-2-4-14(11)18/h1-4,6-7,16-19H,5,8-9H2. The van der Waals surface area contributed by atoms with Gasteiger partial charge in [0.2, 0.25) is 0 Å². The van der Waals surface area contributed by atoms with Crippen molar-refractivity contribution in [1.82, 2.24) is 0 Å². The Morgan fingerprint density at radius 3 is 1.89 bits per heavy atom. The molecule has 0 aliphatic rings. The van der Waals surface area contributed by atoms with Crippen LogP contribution in [0.2, 0.25) is 0 Å². The van der Waals surface area contributed by atoms with Crippen LogP contribution in [-0.4, -0.2) is 20.4 Å². The van der Waals surface area contributed by atoms with E-state index >= 15 is 0 Å². The van der Waals surface area contributed by atoms with Crippen LogP contribution in [0.25, 0.3) is 0 Å². The highest BCUT2D eigenvalue weighted by atomic mass is 16.3. The van der Waals surface area contributed by atoms with Gasteiger partial charge in [0.15, 0.2) is 0 Å². The quantitative estimate of drug-likeness (QED) is 0.674. The molecule has 2 aromatic carbocycles. The molecule has 0 fully saturated rings. The van der Waals surface area contributed by atoms with Gasteiger partial charge in [0.05, 0.1) is 13.2 Å². The Balaban J connectivity index is 2.38. The summed E-state index contributed by atoms with van der Waals surface area (Å²) in [6, 6.07) is 10.3. The van der Waals surface area contributed by atoms with Crippen molar-refractivity contribution in [3.8, 4) is 11.5 Å². The van der Waals surface area contributed by atoms with Crippen molar-refractivity contribution < 1.29 is 20.4 Å². The molecule has 2 rings (SSSR count). The minimum atomic E-state index is -0.298. The monoisotopic (exact) mass is 260 g/mol. The highest BCUT2D eigenvalue weighted by molar-refractivity contribution is 5.45. The molecular weight excluding hydrogens is 244 g/mol. The fraction of sp³-hybridized carbons (Fsp3) is 0.200. The molecule has 0 saturated carbocycles. The van der Waals surface area contributed by atoms with Crippen LogP contribution < -0.4 is 0 Å². The zero-order chi connectivity index (χ0) is 13.8. The maximum absolute atomic E-state index is 9.76. The number of benzene rings is 2. The minimum absolute atomic E-state index is 0.0777. The first kappa shape index (κ1) is 13.4. The molecule has 0 amide bonds. The third-order valence-corrected chi connectivity index (χ3v) is 3.05. The van der Waals surface area contributed by atoms with Crippen LogP contribution in [0, 0.1) is 0 Å². The third-order valence-electron chi connectivity index (χ3n) is 3.05. The number of aliphatic hydroxyl groups excluding tert-OH is 2. The second kappa shape index (κ2) is 5.73. The summed E-state index contributed by atoms with van der Waals surface area (Å²) in [7, 11) is 0. The Labute approximate surface area is 111 Å². The molecule has 0 aromatic heterocycles. The molecule has 0 bridgehead atoms. The van der Waals surface area contributed by atoms with Crippen molar-refractivity contribution in [1.29, 1.82) is 0 Å². The predicted octanol–water partition coefficient (Wildman–Crippen LogP) is 1.67. The van der Waals surface area contributed by atoms with Crippen LogP contribution in [0.1, 0.15) is 22.3 Å². The van der Waals surface area contributed by atoms with E-state index in [9.17, 15) is 20.4 Å². The van der Waals surface area contributed by atoms with Crippen molar-refractivity contribution in [2.45, 2.75) is 19.6 Å². The summed E-state index contributed by atoms with van der Waals surface area (Å²) in [6.07, 6.45) is 0.465. The van der Waals surface area contributed by atoms with Gasteiger partial charge in [0, 0.05) is 17.5 Å². The van der Waals surface area contributed by atoms with E-state index in [0.717, 1.165) is 11.1 Å². The van der Waals surface area contributed by atoms with Gasteiger partial charge in [-0.2, -0.15) is 0 Å². The Morgan fingerprint density at radius 2 is 1.37 bits per heavy atom. The van der Waals surface area contributed by atoms with E-state index in [1.165, 1.54) is 0 Å². The SMILES string of the molecule is OCc1cc(Cc2ccccc2O)cc(CO)c1O. The number of rotatable bonds is 4. The number of hydrogen-bond acceptors (Lipinski definition) is 4. The lowest BCUT2D eigenvalue weighted by Crippen LogP contribution is -1.97. The highest BCUT2D eigenvalue weighted by Gasteiger charge is 2.10. The average Bonchev–Trinajstić information content (AvgIpc) is 2.43. The highest BCUT2D eigenvalue weighted by Crippen LogP contribution is 2.27. The van der Waals surface area contributed by atoms with Crippen LogP contribution in [0.4, 0.5) is 0 Å². The maximum Gasteiger partial charge on any atom is 0.126 e. The number of phenols is 2. The lowest BCUT2D eigenvalue weighted by atomic mass is 9.98. The number of para-hydroxylation sites is 1. The molecule has 0 aliphatic heterocycles. The Hall–Kier alpha value is -2.04. The first-order valence-electron chi connectivity index (χ1n) is 5.98. The summed E-state index contributed by atoms with van der Waals surface area (Å²) in [5.74, 6) is 0.123. The molecular formula is C15H16O4. The van der Waals surface area contributed by atoms with E-state index in [1.54, 1.807) is 30.3 Å². The van der Waals surface area contributed by atoms with Crippen LogP contribution in [0.3, 0.4) is 0 Å². The average molecular weight is 260 g/mol. The summed E-state index contributed by atoms with van der Waals surface area (Å²) >= 11 is 0. The van der Waals surface area contributed by atoms with E-state index in [2.05, 4.69) is 0 Å². The number of aromatic hydroxyl groups is 2. The fourth-order valence-corrected chi connectivity index (χ4v) is 2.06. The number of phenolic OH excluding ortho intramolecular Hbond substituents is 1. The first-order valence-corrected chi connectivity index (χ1v) is 5.98. The molecule has 2 aromatic rings. The predicted molar refractivity (Wildman–Crippen MR) is 70.9 cm³/mol. The van der Waals surface area contributed by atoms with Gasteiger partial charge in [0.25, 0.3) is 0 Å². The van der Waals surface area contributed by atoms with Gasteiger partial charge >= 0.3 is 0 Å². The Morgan fingerprint density at radius 1 is 0.789 bits per heavy atom. The van der Waals surface area contributed by atoms with Crippen molar-refractivity contribution in [2.24, 2.45) is 0 Å². The lowest BCUT2D eigenvalue weighted by Gasteiger charge is -2.11. The molecule has 4 N–H and O–H groups in total. The van der Waals surface area contributed by atoms with Gasteiger partial charge < -0.3 is 20.4 Å². The van der Waals surface area contributed by atoms with Gasteiger partial charge in [-0.1, -0.05) is 18.2 Å². The molecule has 0 heterocycles. The van der Waals surface area contributed by atoms with E-state index in [1.807, 2.05) is 6.07 Å². The zero-order valence-electron chi connectivity index (χ0n) is 10.4. The Bertz CT molecular complexity index is 553. The number of hydrogen-bond donors (Lipinski definition) is 4. The van der Waals surface area contributed by atoms with Crippen LogP contribution in [-0.2, 0) is 19.6 Å². The van der Waals surface area contributed by atoms with Crippen molar-refractivity contribution in [3.63, 3.8) is 0 Å². The molecule has 0 unspecified atom stereocenters. The second-order valence-corrected chi connectivity index (χ2v) is 4.38. The minimum Gasteiger partial charge on any atom is -0.508 e. The Kier molecular flexibility index (Phi) is 4.04. The number of aliphatic hydroxyl groups is 2. The first-order chi connectivity index (χ1) is 9.15. The van der Waals surface area contributed by atoms with Gasteiger partial charge in [0.1, 0.15) is 11.5 Å². The molecule has 4 heteroatoms. The summed E-state index contributed by atoms with van der Waals surface area (Å²) in [5.41, 5.74) is 2.31. The van der Waals surface area contributed by atoms with Gasteiger partial charge in [-0.25, -0.2) is 0 Å². The normalized spacial score (nSPS) is 10.6. The molecule has 0 atom stereocenters. The maximum atomic E-state index is 9.76. The molecule has 0 spiro atoms. The molecule has 4 nitrogen and oxygen atoms in total. The molecule has 0 radical (unpaired) electrons. The molecule has 0 aliphatic carbocycles. The second-order valence-electron chi connectivity index (χ2n) is 4.38. The smallest absolute Gasteiger partial charge is 0.126 e. The van der Waals surface area contributed by atoms with Gasteiger partial charge in [-0.05, 0) is 29.3 Å². The molecule has 19 heavy (non-hydrogen) atoms. The van der Waals surface area contributed by atoms with E-state index in [0.29, 0.717) is 17.5 Å².